The first-order chi connectivity index (χ1) is 13.8. The summed E-state index contributed by atoms with van der Waals surface area (Å²) in [7, 11) is -2.07. The number of methoxy groups -OCH3 is 1. The van der Waals surface area contributed by atoms with E-state index in [1.165, 1.54) is 23.5 Å². The normalized spacial score (nSPS) is 16.3. The molecular formula is C21H26N2O5S. The molecule has 0 bridgehead atoms. The molecule has 2 aromatic rings. The highest BCUT2D eigenvalue weighted by Crippen LogP contribution is 2.21. The van der Waals surface area contributed by atoms with Crippen molar-refractivity contribution in [2.24, 2.45) is 0 Å². The summed E-state index contributed by atoms with van der Waals surface area (Å²) in [6.45, 7) is 4.83. The SMILES string of the molecule is COc1ccc(S(=O)(=O)N2CCN(C(=O)[C@H](C)Oc3cccc(C)c3)CC2)cc1. The Morgan fingerprint density at radius 2 is 1.66 bits per heavy atom. The maximum absolute atomic E-state index is 12.8. The topological polar surface area (TPSA) is 76.2 Å². The number of rotatable bonds is 6. The minimum Gasteiger partial charge on any atom is -0.497 e. The number of carbonyl (C=O) groups excluding carboxylic acids is 1. The van der Waals surface area contributed by atoms with E-state index in [-0.39, 0.29) is 23.9 Å². The van der Waals surface area contributed by atoms with E-state index < -0.39 is 16.1 Å². The van der Waals surface area contributed by atoms with Crippen molar-refractivity contribution >= 4 is 15.9 Å². The Bertz CT molecular complexity index is 951. The van der Waals surface area contributed by atoms with Gasteiger partial charge in [-0.2, -0.15) is 4.31 Å². The van der Waals surface area contributed by atoms with Crippen molar-refractivity contribution in [2.45, 2.75) is 24.8 Å². The number of carbonyl (C=O) groups is 1. The lowest BCUT2D eigenvalue weighted by Crippen LogP contribution is -2.53. The molecule has 29 heavy (non-hydrogen) atoms. The fraction of sp³-hybridized carbons (Fsp3) is 0.381. The average Bonchev–Trinajstić information content (AvgIpc) is 2.73. The molecule has 1 amide bonds. The van der Waals surface area contributed by atoms with E-state index in [1.807, 2.05) is 31.2 Å². The van der Waals surface area contributed by atoms with Crippen LogP contribution in [0.3, 0.4) is 0 Å². The summed E-state index contributed by atoms with van der Waals surface area (Å²) in [4.78, 5) is 14.6. The molecule has 7 nitrogen and oxygen atoms in total. The molecule has 2 aromatic carbocycles. The Labute approximate surface area is 171 Å². The van der Waals surface area contributed by atoms with Gasteiger partial charge >= 0.3 is 0 Å². The molecule has 1 saturated heterocycles. The van der Waals surface area contributed by atoms with Gasteiger partial charge in [0.05, 0.1) is 12.0 Å². The molecule has 0 aromatic heterocycles. The molecule has 1 aliphatic rings. The Morgan fingerprint density at radius 3 is 2.24 bits per heavy atom. The second kappa shape index (κ2) is 8.84. The minimum absolute atomic E-state index is 0.145. The van der Waals surface area contributed by atoms with Gasteiger partial charge in [-0.3, -0.25) is 4.79 Å². The van der Waals surface area contributed by atoms with Gasteiger partial charge in [-0.25, -0.2) is 8.42 Å². The maximum atomic E-state index is 12.8. The zero-order valence-electron chi connectivity index (χ0n) is 16.9. The number of hydrogen-bond acceptors (Lipinski definition) is 5. The fourth-order valence-electron chi connectivity index (χ4n) is 3.25. The monoisotopic (exact) mass is 418 g/mol. The van der Waals surface area contributed by atoms with Gasteiger partial charge in [-0.05, 0) is 55.8 Å². The van der Waals surface area contributed by atoms with Gasteiger partial charge in [0.15, 0.2) is 6.10 Å². The molecule has 156 valence electrons. The Balaban J connectivity index is 1.59. The molecule has 0 aliphatic carbocycles. The minimum atomic E-state index is -3.60. The zero-order valence-corrected chi connectivity index (χ0v) is 17.7. The summed E-state index contributed by atoms with van der Waals surface area (Å²) in [6, 6.07) is 13.8. The number of nitrogens with zero attached hydrogens (tertiary/aromatic N) is 2. The molecule has 0 radical (unpaired) electrons. The third kappa shape index (κ3) is 4.89. The molecule has 0 N–H and O–H groups in total. The maximum Gasteiger partial charge on any atom is 0.263 e. The van der Waals surface area contributed by atoms with E-state index in [0.717, 1.165) is 5.56 Å². The number of aryl methyl sites for hydroxylation is 1. The highest BCUT2D eigenvalue weighted by molar-refractivity contribution is 7.89. The van der Waals surface area contributed by atoms with E-state index in [1.54, 1.807) is 24.0 Å². The smallest absolute Gasteiger partial charge is 0.263 e. The second-order valence-corrected chi connectivity index (χ2v) is 8.92. The van der Waals surface area contributed by atoms with Crippen molar-refractivity contribution in [3.8, 4) is 11.5 Å². The third-order valence-electron chi connectivity index (χ3n) is 4.90. The van der Waals surface area contributed by atoms with E-state index in [9.17, 15) is 13.2 Å². The molecule has 8 heteroatoms. The lowest BCUT2D eigenvalue weighted by molar-refractivity contribution is -0.139. The molecular weight excluding hydrogens is 392 g/mol. The zero-order chi connectivity index (χ0) is 21.0. The molecule has 1 atom stereocenters. The van der Waals surface area contributed by atoms with Crippen LogP contribution < -0.4 is 9.47 Å². The lowest BCUT2D eigenvalue weighted by atomic mass is 10.2. The van der Waals surface area contributed by atoms with Crippen molar-refractivity contribution < 1.29 is 22.7 Å². The van der Waals surface area contributed by atoms with Crippen molar-refractivity contribution in [3.63, 3.8) is 0 Å². The van der Waals surface area contributed by atoms with Crippen molar-refractivity contribution in [3.05, 3.63) is 54.1 Å². The van der Waals surface area contributed by atoms with Gasteiger partial charge in [-0.1, -0.05) is 12.1 Å². The predicted molar refractivity (Wildman–Crippen MR) is 110 cm³/mol. The number of ether oxygens (including phenoxy) is 2. The van der Waals surface area contributed by atoms with Crippen molar-refractivity contribution in [2.75, 3.05) is 33.3 Å². The standard InChI is InChI=1S/C21H26N2O5S/c1-16-5-4-6-19(15-16)28-17(2)21(24)22-11-13-23(14-12-22)29(25,26)20-9-7-18(27-3)8-10-20/h4-10,15,17H,11-14H2,1-3H3/t17-/m0/s1. The van der Waals surface area contributed by atoms with Crippen LogP contribution in [-0.2, 0) is 14.8 Å². The molecule has 0 saturated carbocycles. The van der Waals surface area contributed by atoms with E-state index in [4.69, 9.17) is 9.47 Å². The molecule has 1 aliphatic heterocycles. The third-order valence-corrected chi connectivity index (χ3v) is 6.81. The summed E-state index contributed by atoms with van der Waals surface area (Å²) in [6.07, 6.45) is -0.637. The van der Waals surface area contributed by atoms with Crippen LogP contribution in [0.1, 0.15) is 12.5 Å². The molecule has 1 fully saturated rings. The number of hydrogen-bond donors (Lipinski definition) is 0. The lowest BCUT2D eigenvalue weighted by Gasteiger charge is -2.35. The van der Waals surface area contributed by atoms with Crippen LogP contribution in [0.15, 0.2) is 53.4 Å². The van der Waals surface area contributed by atoms with Crippen molar-refractivity contribution in [1.29, 1.82) is 0 Å². The molecule has 1 heterocycles. The number of piperazine rings is 1. The van der Waals surface area contributed by atoms with Gasteiger partial charge in [0.1, 0.15) is 11.5 Å². The Kier molecular flexibility index (Phi) is 6.44. The van der Waals surface area contributed by atoms with Crippen LogP contribution in [0, 0.1) is 6.92 Å². The average molecular weight is 419 g/mol. The highest BCUT2D eigenvalue weighted by atomic mass is 32.2. The van der Waals surface area contributed by atoms with Crippen LogP contribution in [0.5, 0.6) is 11.5 Å². The molecule has 0 unspecified atom stereocenters. The van der Waals surface area contributed by atoms with E-state index >= 15 is 0 Å². The van der Waals surface area contributed by atoms with Gasteiger partial charge in [0.25, 0.3) is 5.91 Å². The van der Waals surface area contributed by atoms with Gasteiger partial charge in [-0.15, -0.1) is 0 Å². The fourth-order valence-corrected chi connectivity index (χ4v) is 4.67. The first-order valence-electron chi connectivity index (χ1n) is 9.47. The van der Waals surface area contributed by atoms with Crippen LogP contribution in [-0.4, -0.2) is 62.9 Å². The first-order valence-corrected chi connectivity index (χ1v) is 10.9. The van der Waals surface area contributed by atoms with E-state index in [2.05, 4.69) is 0 Å². The van der Waals surface area contributed by atoms with E-state index in [0.29, 0.717) is 24.6 Å². The van der Waals surface area contributed by atoms with Crippen LogP contribution in [0.25, 0.3) is 0 Å². The first kappa shape index (κ1) is 21.1. The van der Waals surface area contributed by atoms with Crippen molar-refractivity contribution in [1.82, 2.24) is 9.21 Å². The van der Waals surface area contributed by atoms with Crippen LogP contribution in [0.4, 0.5) is 0 Å². The molecule has 3 rings (SSSR count). The predicted octanol–water partition coefficient (Wildman–Crippen LogP) is 2.30. The summed E-state index contributed by atoms with van der Waals surface area (Å²) in [5.41, 5.74) is 1.06. The number of amides is 1. The number of benzene rings is 2. The quantitative estimate of drug-likeness (QED) is 0.720. The van der Waals surface area contributed by atoms with Crippen LogP contribution >= 0.6 is 0 Å². The summed E-state index contributed by atoms with van der Waals surface area (Å²) >= 11 is 0. The van der Waals surface area contributed by atoms with Gasteiger partial charge in [0.2, 0.25) is 10.0 Å². The van der Waals surface area contributed by atoms with Gasteiger partial charge < -0.3 is 14.4 Å². The summed E-state index contributed by atoms with van der Waals surface area (Å²) < 4.78 is 37.9. The highest BCUT2D eigenvalue weighted by Gasteiger charge is 2.32. The second-order valence-electron chi connectivity index (χ2n) is 6.98. The molecule has 0 spiro atoms. The number of sulfonamides is 1. The summed E-state index contributed by atoms with van der Waals surface area (Å²) in [5.74, 6) is 1.10. The summed E-state index contributed by atoms with van der Waals surface area (Å²) in [5, 5.41) is 0. The van der Waals surface area contributed by atoms with Gasteiger partial charge in [0, 0.05) is 26.2 Å². The Morgan fingerprint density at radius 1 is 1.00 bits per heavy atom. The largest absolute Gasteiger partial charge is 0.497 e. The Hall–Kier alpha value is -2.58. The van der Waals surface area contributed by atoms with Crippen LogP contribution in [0.2, 0.25) is 0 Å².